The summed E-state index contributed by atoms with van der Waals surface area (Å²) in [7, 11) is 0. The van der Waals surface area contributed by atoms with Crippen molar-refractivity contribution >= 4 is 17.2 Å². The number of aromatic nitrogens is 1. The van der Waals surface area contributed by atoms with E-state index in [4.69, 9.17) is 4.74 Å². The maximum absolute atomic E-state index is 13.1. The van der Waals surface area contributed by atoms with Crippen LogP contribution in [0, 0.1) is 0 Å². The number of amides is 1. The molecule has 0 unspecified atom stereocenters. The van der Waals surface area contributed by atoms with Crippen molar-refractivity contribution in [3.05, 3.63) is 52.0 Å². The van der Waals surface area contributed by atoms with E-state index < -0.39 is 12.1 Å². The number of hydrogen-bond acceptors (Lipinski definition) is 4. The van der Waals surface area contributed by atoms with Gasteiger partial charge >= 0.3 is 0 Å². The number of alkyl halides is 2. The molecule has 2 aliphatic rings. The van der Waals surface area contributed by atoms with Gasteiger partial charge in [0, 0.05) is 13.0 Å². The maximum atomic E-state index is 13.1. The number of hydrogen-bond donors (Lipinski definition) is 0. The average molecular weight is 364 g/mol. The molecule has 0 spiro atoms. The Labute approximate surface area is 148 Å². The molecule has 4 rings (SSSR count). The smallest absolute Gasteiger partial charge is 0.281 e. The molecule has 2 aliphatic heterocycles. The van der Waals surface area contributed by atoms with Gasteiger partial charge in [-0.05, 0) is 18.4 Å². The van der Waals surface area contributed by atoms with Crippen molar-refractivity contribution in [2.45, 2.75) is 43.9 Å². The van der Waals surface area contributed by atoms with Gasteiger partial charge < -0.3 is 9.64 Å². The van der Waals surface area contributed by atoms with E-state index in [-0.39, 0.29) is 29.0 Å². The van der Waals surface area contributed by atoms with E-state index in [2.05, 4.69) is 4.98 Å². The average Bonchev–Trinajstić information content (AvgIpc) is 3.28. The molecule has 3 heterocycles. The van der Waals surface area contributed by atoms with E-state index in [1.165, 1.54) is 5.51 Å². The largest absolute Gasteiger partial charge is 0.368 e. The minimum absolute atomic E-state index is 0.0363. The third kappa shape index (κ3) is 3.06. The minimum atomic E-state index is -2.73. The van der Waals surface area contributed by atoms with E-state index in [1.807, 2.05) is 30.3 Å². The summed E-state index contributed by atoms with van der Waals surface area (Å²) in [6, 6.07) is 9.86. The van der Waals surface area contributed by atoms with Crippen LogP contribution in [0.4, 0.5) is 8.78 Å². The van der Waals surface area contributed by atoms with Gasteiger partial charge in [0.25, 0.3) is 12.3 Å². The zero-order valence-electron chi connectivity index (χ0n) is 13.5. The van der Waals surface area contributed by atoms with Crippen LogP contribution in [0.3, 0.4) is 0 Å². The lowest BCUT2D eigenvalue weighted by Gasteiger charge is -2.36. The summed E-state index contributed by atoms with van der Waals surface area (Å²) in [6.07, 6.45) is -0.419. The number of ether oxygens (including phenoxy) is 1. The zero-order valence-corrected chi connectivity index (χ0v) is 14.3. The monoisotopic (exact) mass is 364 g/mol. The molecule has 1 amide bonds. The van der Waals surface area contributed by atoms with Gasteiger partial charge in [-0.1, -0.05) is 30.3 Å². The predicted octanol–water partition coefficient (Wildman–Crippen LogP) is 4.22. The summed E-state index contributed by atoms with van der Waals surface area (Å²) in [4.78, 5) is 18.3. The molecule has 2 saturated heterocycles. The van der Waals surface area contributed by atoms with Crippen molar-refractivity contribution in [2.75, 3.05) is 6.54 Å². The van der Waals surface area contributed by atoms with Crippen LogP contribution in [0.1, 0.15) is 52.7 Å². The molecule has 0 radical (unpaired) electrons. The van der Waals surface area contributed by atoms with Crippen LogP contribution in [0.25, 0.3) is 0 Å². The topological polar surface area (TPSA) is 42.4 Å². The van der Waals surface area contributed by atoms with Crippen LogP contribution in [-0.4, -0.2) is 34.5 Å². The molecule has 1 aromatic heterocycles. The van der Waals surface area contributed by atoms with Crippen LogP contribution >= 0.6 is 11.3 Å². The highest BCUT2D eigenvalue weighted by Crippen LogP contribution is 2.40. The number of benzene rings is 1. The number of rotatable bonds is 3. The number of likely N-dealkylation sites (tertiary alicyclic amines) is 1. The number of halogens is 2. The Morgan fingerprint density at radius 3 is 2.88 bits per heavy atom. The molecular formula is C18H18F2N2O2S. The first kappa shape index (κ1) is 16.6. The maximum Gasteiger partial charge on any atom is 0.281 e. The van der Waals surface area contributed by atoms with Crippen molar-refractivity contribution in [3.8, 4) is 0 Å². The van der Waals surface area contributed by atoms with Crippen molar-refractivity contribution in [3.63, 3.8) is 0 Å². The molecule has 0 bridgehead atoms. The molecule has 4 nitrogen and oxygen atoms in total. The third-order valence-corrected chi connectivity index (χ3v) is 5.77. The van der Waals surface area contributed by atoms with Gasteiger partial charge in [-0.2, -0.15) is 0 Å². The SMILES string of the molecule is O=C(c1scnc1C(F)F)N1CCC[C@@H]2O[C@H](c3ccccc3)C[C@@H]21. The fourth-order valence-electron chi connectivity index (χ4n) is 3.78. The number of nitrogens with zero attached hydrogens (tertiary/aromatic N) is 2. The van der Waals surface area contributed by atoms with E-state index in [0.717, 1.165) is 29.7 Å². The second kappa shape index (κ2) is 6.80. The Balaban J connectivity index is 1.57. The molecule has 7 heteroatoms. The number of carbonyl (C=O) groups is 1. The van der Waals surface area contributed by atoms with Crippen LogP contribution in [0.5, 0.6) is 0 Å². The number of thiazole rings is 1. The molecule has 0 N–H and O–H groups in total. The Hall–Kier alpha value is -1.86. The fraction of sp³-hybridized carbons (Fsp3) is 0.444. The highest BCUT2D eigenvalue weighted by atomic mass is 32.1. The van der Waals surface area contributed by atoms with Gasteiger partial charge in [0.15, 0.2) is 0 Å². The lowest BCUT2D eigenvalue weighted by Crippen LogP contribution is -2.48. The number of piperidine rings is 1. The normalized spacial score (nSPS) is 26.0. The van der Waals surface area contributed by atoms with Gasteiger partial charge in [0.05, 0.1) is 23.8 Å². The molecule has 3 atom stereocenters. The lowest BCUT2D eigenvalue weighted by molar-refractivity contribution is -0.00116. The van der Waals surface area contributed by atoms with Gasteiger partial charge in [0.1, 0.15) is 10.6 Å². The summed E-state index contributed by atoms with van der Waals surface area (Å²) >= 11 is 0.988. The summed E-state index contributed by atoms with van der Waals surface area (Å²) in [5.41, 5.74) is 2.00. The summed E-state index contributed by atoms with van der Waals surface area (Å²) in [5.74, 6) is -0.343. The van der Waals surface area contributed by atoms with Crippen LogP contribution in [0.2, 0.25) is 0 Å². The molecule has 132 valence electrons. The first-order chi connectivity index (χ1) is 12.1. The van der Waals surface area contributed by atoms with E-state index in [9.17, 15) is 13.6 Å². The van der Waals surface area contributed by atoms with E-state index in [0.29, 0.717) is 13.0 Å². The second-order valence-electron chi connectivity index (χ2n) is 6.39. The fourth-order valence-corrected chi connectivity index (χ4v) is 4.53. The van der Waals surface area contributed by atoms with Crippen molar-refractivity contribution < 1.29 is 18.3 Å². The number of carbonyl (C=O) groups excluding carboxylic acids is 1. The molecule has 2 aromatic rings. The number of fused-ring (bicyclic) bond motifs is 1. The molecular weight excluding hydrogens is 346 g/mol. The molecule has 2 fully saturated rings. The Bertz CT molecular complexity index is 753. The van der Waals surface area contributed by atoms with Crippen LogP contribution in [-0.2, 0) is 4.74 Å². The molecule has 25 heavy (non-hydrogen) atoms. The van der Waals surface area contributed by atoms with Gasteiger partial charge in [-0.3, -0.25) is 4.79 Å². The molecule has 1 aromatic carbocycles. The standard InChI is InChI=1S/C18H18F2N2O2S/c19-17(20)15-16(25-10-21-15)18(23)22-8-4-7-13-12(22)9-14(24-13)11-5-2-1-3-6-11/h1-3,5-6,10,12-14,17H,4,7-9H2/t12-,13-,14-/m0/s1. The van der Waals surface area contributed by atoms with Crippen molar-refractivity contribution in [2.24, 2.45) is 0 Å². The highest BCUT2D eigenvalue weighted by Gasteiger charge is 2.44. The highest BCUT2D eigenvalue weighted by molar-refractivity contribution is 7.11. The lowest BCUT2D eigenvalue weighted by atomic mass is 9.95. The van der Waals surface area contributed by atoms with Gasteiger partial charge in [-0.15, -0.1) is 11.3 Å². The van der Waals surface area contributed by atoms with E-state index >= 15 is 0 Å². The second-order valence-corrected chi connectivity index (χ2v) is 7.24. The van der Waals surface area contributed by atoms with Crippen LogP contribution in [0.15, 0.2) is 35.8 Å². The van der Waals surface area contributed by atoms with Crippen LogP contribution < -0.4 is 0 Å². The molecule has 0 saturated carbocycles. The Morgan fingerprint density at radius 2 is 2.12 bits per heavy atom. The predicted molar refractivity (Wildman–Crippen MR) is 89.8 cm³/mol. The minimum Gasteiger partial charge on any atom is -0.368 e. The first-order valence-electron chi connectivity index (χ1n) is 8.38. The van der Waals surface area contributed by atoms with E-state index in [1.54, 1.807) is 4.90 Å². The quantitative estimate of drug-likeness (QED) is 0.819. The first-order valence-corrected chi connectivity index (χ1v) is 9.26. The zero-order chi connectivity index (χ0) is 17.4. The summed E-state index contributed by atoms with van der Waals surface area (Å²) in [5, 5.41) is 0. The van der Waals surface area contributed by atoms with Crippen molar-refractivity contribution in [1.82, 2.24) is 9.88 Å². The third-order valence-electron chi connectivity index (χ3n) is 4.94. The van der Waals surface area contributed by atoms with Gasteiger partial charge in [-0.25, -0.2) is 13.8 Å². The summed E-state index contributed by atoms with van der Waals surface area (Å²) < 4.78 is 32.3. The Morgan fingerprint density at radius 1 is 1.32 bits per heavy atom. The summed E-state index contributed by atoms with van der Waals surface area (Å²) in [6.45, 7) is 0.575. The van der Waals surface area contributed by atoms with Gasteiger partial charge in [0.2, 0.25) is 0 Å². The molecule has 0 aliphatic carbocycles. The Kier molecular flexibility index (Phi) is 4.52. The van der Waals surface area contributed by atoms with Crippen molar-refractivity contribution in [1.29, 1.82) is 0 Å².